The van der Waals surface area contributed by atoms with Crippen LogP contribution in [0.5, 0.6) is 0 Å². The van der Waals surface area contributed by atoms with Gasteiger partial charge in [0.1, 0.15) is 10.5 Å². The third-order valence-corrected chi connectivity index (χ3v) is 4.22. The van der Waals surface area contributed by atoms with Crippen molar-refractivity contribution in [2.24, 2.45) is 0 Å². The molecule has 4 aromatic rings. The Morgan fingerprint density at radius 1 is 1.18 bits per heavy atom. The standard InChI is InChI=1S/C16H11N3O2S/c20-16-13-6-7-22-15(13)17-10-19(16)9-12-8-14(21-18-12)11-4-2-1-3-5-11/h1-8,10H,9H2. The summed E-state index contributed by atoms with van der Waals surface area (Å²) in [7, 11) is 0. The summed E-state index contributed by atoms with van der Waals surface area (Å²) in [6, 6.07) is 13.4. The maximum absolute atomic E-state index is 12.3. The number of aromatic nitrogens is 3. The molecule has 0 aliphatic rings. The molecule has 3 aromatic heterocycles. The van der Waals surface area contributed by atoms with Gasteiger partial charge < -0.3 is 4.52 Å². The number of fused-ring (bicyclic) bond motifs is 1. The molecule has 0 amide bonds. The van der Waals surface area contributed by atoms with Gasteiger partial charge in [0.25, 0.3) is 5.56 Å². The number of rotatable bonds is 3. The van der Waals surface area contributed by atoms with Gasteiger partial charge in [-0.05, 0) is 11.4 Å². The van der Waals surface area contributed by atoms with Gasteiger partial charge in [-0.1, -0.05) is 35.5 Å². The van der Waals surface area contributed by atoms with Crippen molar-refractivity contribution in [1.29, 1.82) is 0 Å². The smallest absolute Gasteiger partial charge is 0.262 e. The predicted octanol–water partition coefficient (Wildman–Crippen LogP) is 3.16. The zero-order chi connectivity index (χ0) is 14.9. The Morgan fingerprint density at radius 2 is 2.05 bits per heavy atom. The molecule has 0 saturated carbocycles. The summed E-state index contributed by atoms with van der Waals surface area (Å²) < 4.78 is 6.89. The van der Waals surface area contributed by atoms with Gasteiger partial charge in [-0.15, -0.1) is 11.3 Å². The summed E-state index contributed by atoms with van der Waals surface area (Å²) >= 11 is 1.46. The normalized spacial score (nSPS) is 11.1. The fourth-order valence-electron chi connectivity index (χ4n) is 2.31. The van der Waals surface area contributed by atoms with E-state index in [-0.39, 0.29) is 5.56 Å². The monoisotopic (exact) mass is 309 g/mol. The van der Waals surface area contributed by atoms with Gasteiger partial charge >= 0.3 is 0 Å². The van der Waals surface area contributed by atoms with Gasteiger partial charge in [0.05, 0.1) is 18.3 Å². The van der Waals surface area contributed by atoms with Crippen LogP contribution in [-0.2, 0) is 6.54 Å². The highest BCUT2D eigenvalue weighted by atomic mass is 32.1. The molecular weight excluding hydrogens is 298 g/mol. The Kier molecular flexibility index (Phi) is 3.08. The van der Waals surface area contributed by atoms with Crippen molar-refractivity contribution < 1.29 is 4.52 Å². The summed E-state index contributed by atoms with van der Waals surface area (Å²) in [6.07, 6.45) is 1.55. The van der Waals surface area contributed by atoms with E-state index in [2.05, 4.69) is 10.1 Å². The molecular formula is C16H11N3O2S. The lowest BCUT2D eigenvalue weighted by Crippen LogP contribution is -2.20. The largest absolute Gasteiger partial charge is 0.356 e. The molecule has 6 heteroatoms. The molecule has 4 rings (SSSR count). The number of thiophene rings is 1. The van der Waals surface area contributed by atoms with Crippen LogP contribution in [0.3, 0.4) is 0 Å². The van der Waals surface area contributed by atoms with Gasteiger partial charge in [-0.25, -0.2) is 4.98 Å². The minimum atomic E-state index is -0.0597. The van der Waals surface area contributed by atoms with Gasteiger partial charge in [0.15, 0.2) is 5.76 Å². The number of nitrogens with zero attached hydrogens (tertiary/aromatic N) is 3. The molecule has 0 bridgehead atoms. The van der Waals surface area contributed by atoms with Gasteiger partial charge in [-0.2, -0.15) is 0 Å². The van der Waals surface area contributed by atoms with Gasteiger partial charge in [0, 0.05) is 11.6 Å². The summed E-state index contributed by atoms with van der Waals surface area (Å²) in [4.78, 5) is 17.4. The maximum atomic E-state index is 12.3. The van der Waals surface area contributed by atoms with E-state index >= 15 is 0 Å². The molecule has 0 aliphatic heterocycles. The lowest BCUT2D eigenvalue weighted by Gasteiger charge is -2.01. The lowest BCUT2D eigenvalue weighted by molar-refractivity contribution is 0.420. The van der Waals surface area contributed by atoms with Crippen LogP contribution in [0.2, 0.25) is 0 Å². The third-order valence-electron chi connectivity index (χ3n) is 3.40. The lowest BCUT2D eigenvalue weighted by atomic mass is 10.2. The molecule has 108 valence electrons. The van der Waals surface area contributed by atoms with E-state index in [1.165, 1.54) is 11.3 Å². The van der Waals surface area contributed by atoms with E-state index in [4.69, 9.17) is 4.52 Å². The molecule has 0 N–H and O–H groups in total. The van der Waals surface area contributed by atoms with E-state index in [0.29, 0.717) is 23.4 Å². The van der Waals surface area contributed by atoms with Crippen molar-refractivity contribution in [2.75, 3.05) is 0 Å². The summed E-state index contributed by atoms with van der Waals surface area (Å²) in [5, 5.41) is 6.54. The zero-order valence-electron chi connectivity index (χ0n) is 11.5. The first-order chi connectivity index (χ1) is 10.8. The van der Waals surface area contributed by atoms with Crippen molar-refractivity contribution in [3.8, 4) is 11.3 Å². The summed E-state index contributed by atoms with van der Waals surface area (Å²) in [5.74, 6) is 0.688. The van der Waals surface area contributed by atoms with Crippen LogP contribution >= 0.6 is 11.3 Å². The van der Waals surface area contributed by atoms with Crippen LogP contribution in [0.1, 0.15) is 5.69 Å². The number of hydrogen-bond acceptors (Lipinski definition) is 5. The van der Waals surface area contributed by atoms with Crippen molar-refractivity contribution in [3.63, 3.8) is 0 Å². The summed E-state index contributed by atoms with van der Waals surface area (Å²) in [6.45, 7) is 0.341. The van der Waals surface area contributed by atoms with Crippen LogP contribution in [-0.4, -0.2) is 14.7 Å². The highest BCUT2D eigenvalue weighted by Gasteiger charge is 2.10. The van der Waals surface area contributed by atoms with Gasteiger partial charge in [0.2, 0.25) is 0 Å². The van der Waals surface area contributed by atoms with E-state index < -0.39 is 0 Å². The second-order valence-corrected chi connectivity index (χ2v) is 5.76. The second kappa shape index (κ2) is 5.23. The molecule has 0 aliphatic carbocycles. The quantitative estimate of drug-likeness (QED) is 0.583. The average Bonchev–Trinajstić information content (AvgIpc) is 3.20. The SMILES string of the molecule is O=c1c2ccsc2ncn1Cc1cc(-c2ccccc2)on1. The minimum absolute atomic E-state index is 0.0597. The summed E-state index contributed by atoms with van der Waals surface area (Å²) in [5.41, 5.74) is 1.59. The van der Waals surface area contributed by atoms with Crippen molar-refractivity contribution in [1.82, 2.24) is 14.7 Å². The van der Waals surface area contributed by atoms with Crippen molar-refractivity contribution in [2.45, 2.75) is 6.54 Å². The van der Waals surface area contributed by atoms with Crippen LogP contribution in [0, 0.1) is 0 Å². The van der Waals surface area contributed by atoms with E-state index in [1.54, 1.807) is 17.0 Å². The van der Waals surface area contributed by atoms with Crippen LogP contribution in [0.25, 0.3) is 21.5 Å². The fourth-order valence-corrected chi connectivity index (χ4v) is 3.03. The first kappa shape index (κ1) is 13.0. The Morgan fingerprint density at radius 3 is 2.91 bits per heavy atom. The highest BCUT2D eigenvalue weighted by molar-refractivity contribution is 7.16. The predicted molar refractivity (Wildman–Crippen MR) is 84.9 cm³/mol. The Bertz CT molecular complexity index is 985. The maximum Gasteiger partial charge on any atom is 0.262 e. The Labute approximate surface area is 129 Å². The second-order valence-electron chi connectivity index (χ2n) is 4.87. The molecule has 5 nitrogen and oxygen atoms in total. The molecule has 22 heavy (non-hydrogen) atoms. The van der Waals surface area contributed by atoms with Crippen molar-refractivity contribution >= 4 is 21.6 Å². The molecule has 0 radical (unpaired) electrons. The van der Waals surface area contributed by atoms with E-state index in [0.717, 1.165) is 10.4 Å². The molecule has 0 saturated heterocycles. The number of benzene rings is 1. The first-order valence-electron chi connectivity index (χ1n) is 6.75. The topological polar surface area (TPSA) is 60.9 Å². The van der Waals surface area contributed by atoms with E-state index in [1.807, 2.05) is 41.8 Å². The fraction of sp³-hybridized carbons (Fsp3) is 0.0625. The van der Waals surface area contributed by atoms with Crippen LogP contribution in [0.15, 0.2) is 63.5 Å². The molecule has 1 aromatic carbocycles. The number of hydrogen-bond donors (Lipinski definition) is 0. The zero-order valence-corrected chi connectivity index (χ0v) is 12.3. The van der Waals surface area contributed by atoms with E-state index in [9.17, 15) is 4.79 Å². The minimum Gasteiger partial charge on any atom is -0.356 e. The highest BCUT2D eigenvalue weighted by Crippen LogP contribution is 2.20. The molecule has 3 heterocycles. The third kappa shape index (κ3) is 2.23. The molecule has 0 atom stereocenters. The van der Waals surface area contributed by atoms with Crippen LogP contribution in [0.4, 0.5) is 0 Å². The Balaban J connectivity index is 1.67. The molecule has 0 spiro atoms. The Hall–Kier alpha value is -2.73. The average molecular weight is 309 g/mol. The molecule has 0 unspecified atom stereocenters. The van der Waals surface area contributed by atoms with Crippen LogP contribution < -0.4 is 5.56 Å². The van der Waals surface area contributed by atoms with Crippen molar-refractivity contribution in [3.05, 3.63) is 70.2 Å². The molecule has 0 fully saturated rings. The first-order valence-corrected chi connectivity index (χ1v) is 7.63. The van der Waals surface area contributed by atoms with Gasteiger partial charge in [-0.3, -0.25) is 9.36 Å².